The van der Waals surface area contributed by atoms with E-state index in [2.05, 4.69) is 46.8 Å². The van der Waals surface area contributed by atoms with Crippen LogP contribution in [0.2, 0.25) is 0 Å². The summed E-state index contributed by atoms with van der Waals surface area (Å²) in [6, 6.07) is 10.4. The molecule has 3 nitrogen and oxygen atoms in total. The number of hydrogen-bond donors (Lipinski definition) is 2. The number of nitrogens with one attached hydrogen (secondary N) is 2. The average Bonchev–Trinajstić information content (AvgIpc) is 2.31. The van der Waals surface area contributed by atoms with Crippen LogP contribution in [-0.4, -0.2) is 31.8 Å². The van der Waals surface area contributed by atoms with Gasteiger partial charge in [0.05, 0.1) is 0 Å². The normalized spacial score (nSPS) is 12.5. The quantitative estimate of drug-likeness (QED) is 0.373. The number of thioether (sulfide) groups is 1. The van der Waals surface area contributed by atoms with E-state index in [0.717, 1.165) is 12.5 Å². The standard InChI is InChI=1S/C12H19N3S.HI/c1-10(9-15-12(13-2)14-3)16-11-7-5-4-6-8-11;/h4-8,10H,9H2,1-3H3,(H2,13,14,15);1H. The van der Waals surface area contributed by atoms with E-state index in [1.165, 1.54) is 4.90 Å². The molecule has 0 saturated carbocycles. The highest BCUT2D eigenvalue weighted by atomic mass is 127. The second-order valence-electron chi connectivity index (χ2n) is 3.44. The Hall–Kier alpha value is -0.430. The lowest BCUT2D eigenvalue weighted by atomic mass is 10.4. The van der Waals surface area contributed by atoms with Crippen LogP contribution in [0.4, 0.5) is 0 Å². The Bertz CT molecular complexity index is 330. The SMILES string of the molecule is CN=C(NC)NCC(C)Sc1ccccc1.I. The summed E-state index contributed by atoms with van der Waals surface area (Å²) in [5.41, 5.74) is 0. The highest BCUT2D eigenvalue weighted by Gasteiger charge is 2.04. The maximum absolute atomic E-state index is 4.07. The van der Waals surface area contributed by atoms with Crippen molar-refractivity contribution in [1.29, 1.82) is 0 Å². The summed E-state index contributed by atoms with van der Waals surface area (Å²) in [5, 5.41) is 6.76. The van der Waals surface area contributed by atoms with Crippen molar-refractivity contribution in [1.82, 2.24) is 10.6 Å². The van der Waals surface area contributed by atoms with Gasteiger partial charge in [0.15, 0.2) is 5.96 Å². The van der Waals surface area contributed by atoms with Crippen LogP contribution < -0.4 is 10.6 Å². The molecule has 1 aromatic rings. The summed E-state index contributed by atoms with van der Waals surface area (Å²) in [6.07, 6.45) is 0. The fraction of sp³-hybridized carbons (Fsp3) is 0.417. The summed E-state index contributed by atoms with van der Waals surface area (Å²) < 4.78 is 0. The van der Waals surface area contributed by atoms with Gasteiger partial charge in [0, 0.05) is 30.8 Å². The molecule has 0 fully saturated rings. The van der Waals surface area contributed by atoms with Crippen LogP contribution in [0, 0.1) is 0 Å². The molecule has 0 aliphatic rings. The fourth-order valence-electron chi connectivity index (χ4n) is 1.29. The first-order valence-electron chi connectivity index (χ1n) is 5.36. The molecule has 1 aromatic carbocycles. The molecule has 2 N–H and O–H groups in total. The molecule has 1 unspecified atom stereocenters. The maximum Gasteiger partial charge on any atom is 0.190 e. The van der Waals surface area contributed by atoms with E-state index < -0.39 is 0 Å². The average molecular weight is 365 g/mol. The molecule has 0 aliphatic carbocycles. The van der Waals surface area contributed by atoms with Crippen LogP contribution in [0.25, 0.3) is 0 Å². The molecule has 17 heavy (non-hydrogen) atoms. The molecule has 0 aromatic heterocycles. The van der Waals surface area contributed by atoms with E-state index >= 15 is 0 Å². The lowest BCUT2D eigenvalue weighted by molar-refractivity contribution is 0.826. The monoisotopic (exact) mass is 365 g/mol. The van der Waals surface area contributed by atoms with Crippen LogP contribution in [0.15, 0.2) is 40.2 Å². The number of nitrogens with zero attached hydrogens (tertiary/aromatic N) is 1. The molecule has 0 amide bonds. The van der Waals surface area contributed by atoms with E-state index in [9.17, 15) is 0 Å². The third kappa shape index (κ3) is 6.78. The second kappa shape index (κ2) is 9.58. The van der Waals surface area contributed by atoms with Crippen molar-refractivity contribution in [3.05, 3.63) is 30.3 Å². The first-order chi connectivity index (χ1) is 7.76. The van der Waals surface area contributed by atoms with Crippen molar-refractivity contribution >= 4 is 41.7 Å². The molecule has 1 atom stereocenters. The van der Waals surface area contributed by atoms with Crippen molar-refractivity contribution in [3.8, 4) is 0 Å². The van der Waals surface area contributed by atoms with E-state index in [0.29, 0.717) is 5.25 Å². The molecule has 96 valence electrons. The molecule has 0 bridgehead atoms. The molecular weight excluding hydrogens is 345 g/mol. The fourth-order valence-corrected chi connectivity index (χ4v) is 2.24. The number of aliphatic imine (C=N–C) groups is 1. The Labute approximate surface area is 125 Å². The first-order valence-corrected chi connectivity index (χ1v) is 6.24. The zero-order valence-electron chi connectivity index (χ0n) is 10.4. The maximum atomic E-state index is 4.07. The van der Waals surface area contributed by atoms with Crippen LogP contribution in [0.3, 0.4) is 0 Å². The van der Waals surface area contributed by atoms with Gasteiger partial charge in [-0.1, -0.05) is 25.1 Å². The molecule has 0 spiro atoms. The Kier molecular flexibility index (Phi) is 9.34. The molecule has 0 saturated heterocycles. The van der Waals surface area contributed by atoms with E-state index in [1.54, 1.807) is 7.05 Å². The Morgan fingerprint density at radius 2 is 2.00 bits per heavy atom. The summed E-state index contributed by atoms with van der Waals surface area (Å²) in [5.74, 6) is 0.834. The summed E-state index contributed by atoms with van der Waals surface area (Å²) >= 11 is 1.86. The highest BCUT2D eigenvalue weighted by molar-refractivity contribution is 14.0. The van der Waals surface area contributed by atoms with E-state index in [4.69, 9.17) is 0 Å². The lowest BCUT2D eigenvalue weighted by Crippen LogP contribution is -2.37. The number of hydrogen-bond acceptors (Lipinski definition) is 2. The van der Waals surface area contributed by atoms with Crippen LogP contribution in [-0.2, 0) is 0 Å². The first kappa shape index (κ1) is 16.6. The molecule has 0 radical (unpaired) electrons. The van der Waals surface area contributed by atoms with E-state index in [-0.39, 0.29) is 24.0 Å². The summed E-state index contributed by atoms with van der Waals surface area (Å²) in [4.78, 5) is 5.37. The van der Waals surface area contributed by atoms with Gasteiger partial charge in [0.1, 0.15) is 0 Å². The van der Waals surface area contributed by atoms with Gasteiger partial charge < -0.3 is 10.6 Å². The molecule has 0 heterocycles. The molecular formula is C12H20IN3S. The van der Waals surface area contributed by atoms with Crippen LogP contribution in [0.1, 0.15) is 6.92 Å². The van der Waals surface area contributed by atoms with E-state index in [1.807, 2.05) is 24.9 Å². The highest BCUT2D eigenvalue weighted by Crippen LogP contribution is 2.21. The summed E-state index contributed by atoms with van der Waals surface area (Å²) in [6.45, 7) is 3.10. The van der Waals surface area contributed by atoms with Gasteiger partial charge in [-0.05, 0) is 12.1 Å². The zero-order chi connectivity index (χ0) is 11.8. The van der Waals surface area contributed by atoms with Gasteiger partial charge in [0.25, 0.3) is 0 Å². The summed E-state index contributed by atoms with van der Waals surface area (Å²) in [7, 11) is 3.64. The second-order valence-corrected chi connectivity index (χ2v) is 4.96. The Balaban J connectivity index is 0.00000256. The van der Waals surface area contributed by atoms with Crippen LogP contribution in [0.5, 0.6) is 0 Å². The van der Waals surface area contributed by atoms with Crippen molar-refractivity contribution in [2.75, 3.05) is 20.6 Å². The minimum atomic E-state index is 0. The number of benzene rings is 1. The smallest absolute Gasteiger partial charge is 0.190 e. The topological polar surface area (TPSA) is 36.4 Å². The predicted octanol–water partition coefficient (Wildman–Crippen LogP) is 2.58. The molecule has 0 aliphatic heterocycles. The van der Waals surface area contributed by atoms with Crippen molar-refractivity contribution in [2.24, 2.45) is 4.99 Å². The van der Waals surface area contributed by atoms with Gasteiger partial charge in [-0.25, -0.2) is 0 Å². The lowest BCUT2D eigenvalue weighted by Gasteiger charge is -2.14. The van der Waals surface area contributed by atoms with Gasteiger partial charge in [0.2, 0.25) is 0 Å². The molecule has 1 rings (SSSR count). The number of guanidine groups is 1. The zero-order valence-corrected chi connectivity index (χ0v) is 13.6. The number of rotatable bonds is 4. The van der Waals surface area contributed by atoms with Crippen molar-refractivity contribution < 1.29 is 0 Å². The third-order valence-corrected chi connectivity index (χ3v) is 3.21. The largest absolute Gasteiger partial charge is 0.359 e. The van der Waals surface area contributed by atoms with Gasteiger partial charge in [-0.15, -0.1) is 35.7 Å². The third-order valence-electron chi connectivity index (χ3n) is 2.10. The Morgan fingerprint density at radius 3 is 2.53 bits per heavy atom. The predicted molar refractivity (Wildman–Crippen MR) is 87.6 cm³/mol. The van der Waals surface area contributed by atoms with Gasteiger partial charge in [-0.3, -0.25) is 4.99 Å². The Morgan fingerprint density at radius 1 is 1.35 bits per heavy atom. The van der Waals surface area contributed by atoms with Crippen LogP contribution >= 0.6 is 35.7 Å². The minimum Gasteiger partial charge on any atom is -0.359 e. The van der Waals surface area contributed by atoms with Gasteiger partial charge >= 0.3 is 0 Å². The van der Waals surface area contributed by atoms with Crippen molar-refractivity contribution in [2.45, 2.75) is 17.1 Å². The minimum absolute atomic E-state index is 0. The van der Waals surface area contributed by atoms with Crippen molar-refractivity contribution in [3.63, 3.8) is 0 Å². The molecule has 5 heteroatoms. The van der Waals surface area contributed by atoms with Gasteiger partial charge in [-0.2, -0.15) is 0 Å². The number of halogens is 1.